The van der Waals surface area contributed by atoms with Crippen molar-refractivity contribution in [2.24, 2.45) is 0 Å². The molecule has 0 saturated heterocycles. The van der Waals surface area contributed by atoms with Gasteiger partial charge in [0.05, 0.1) is 12.1 Å². The van der Waals surface area contributed by atoms with E-state index >= 15 is 0 Å². The smallest absolute Gasteiger partial charge is 0.308 e. The molecule has 0 atom stereocenters. The molecule has 0 unspecified atom stereocenters. The average Bonchev–Trinajstić information content (AvgIpc) is 2.69. The highest BCUT2D eigenvalue weighted by molar-refractivity contribution is 5.27. The van der Waals surface area contributed by atoms with E-state index in [2.05, 4.69) is 31.2 Å². The van der Waals surface area contributed by atoms with Crippen LogP contribution in [0.5, 0.6) is 0 Å². The molecular weight excluding hydrogens is 279 g/mol. The summed E-state index contributed by atoms with van der Waals surface area (Å²) in [5.41, 5.74) is 2.82. The fourth-order valence-electron chi connectivity index (χ4n) is 2.24. The van der Waals surface area contributed by atoms with E-state index in [1.165, 1.54) is 4.68 Å². The fraction of sp³-hybridized carbons (Fsp3) is 0.800. The Bertz CT molecular complexity index is 456. The SMILES string of the molecule is CCc1nn(CCC(F)(F)F)c(CC)c1CNC(C)(C)C. The number of nitrogens with one attached hydrogen (secondary N) is 1. The molecule has 0 aliphatic heterocycles. The Balaban J connectivity index is 2.98. The number of aryl methyl sites for hydroxylation is 2. The first-order valence-corrected chi connectivity index (χ1v) is 7.46. The summed E-state index contributed by atoms with van der Waals surface area (Å²) in [4.78, 5) is 0. The van der Waals surface area contributed by atoms with Gasteiger partial charge in [-0.25, -0.2) is 0 Å². The van der Waals surface area contributed by atoms with Crippen LogP contribution in [0.3, 0.4) is 0 Å². The van der Waals surface area contributed by atoms with E-state index in [4.69, 9.17) is 0 Å². The molecule has 0 aliphatic rings. The summed E-state index contributed by atoms with van der Waals surface area (Å²) in [5.74, 6) is 0. The molecule has 0 radical (unpaired) electrons. The second-order valence-corrected chi connectivity index (χ2v) is 6.27. The molecule has 0 saturated carbocycles. The van der Waals surface area contributed by atoms with Crippen LogP contribution in [0.4, 0.5) is 13.2 Å². The fourth-order valence-corrected chi connectivity index (χ4v) is 2.24. The molecule has 0 bridgehead atoms. The molecule has 0 fully saturated rings. The van der Waals surface area contributed by atoms with Crippen LogP contribution in [-0.2, 0) is 25.9 Å². The summed E-state index contributed by atoms with van der Waals surface area (Å²) in [6.07, 6.45) is -3.57. The normalized spacial score (nSPS) is 13.0. The van der Waals surface area contributed by atoms with E-state index in [1.807, 2.05) is 13.8 Å². The minimum Gasteiger partial charge on any atom is -0.308 e. The van der Waals surface area contributed by atoms with Gasteiger partial charge in [-0.1, -0.05) is 13.8 Å². The molecule has 6 heteroatoms. The summed E-state index contributed by atoms with van der Waals surface area (Å²) in [7, 11) is 0. The maximum absolute atomic E-state index is 12.4. The van der Waals surface area contributed by atoms with Gasteiger partial charge < -0.3 is 5.32 Å². The number of halogens is 3. The number of hydrogen-bond acceptors (Lipinski definition) is 2. The predicted molar refractivity (Wildman–Crippen MR) is 78.2 cm³/mol. The maximum Gasteiger partial charge on any atom is 0.390 e. The van der Waals surface area contributed by atoms with Gasteiger partial charge in [0.25, 0.3) is 0 Å². The van der Waals surface area contributed by atoms with Crippen molar-refractivity contribution in [1.29, 1.82) is 0 Å². The lowest BCUT2D eigenvalue weighted by Crippen LogP contribution is -2.35. The van der Waals surface area contributed by atoms with Crippen molar-refractivity contribution in [1.82, 2.24) is 15.1 Å². The van der Waals surface area contributed by atoms with Crippen LogP contribution in [0.1, 0.15) is 58.0 Å². The first-order chi connectivity index (χ1) is 9.57. The number of hydrogen-bond donors (Lipinski definition) is 1. The highest BCUT2D eigenvalue weighted by atomic mass is 19.4. The molecule has 1 N–H and O–H groups in total. The van der Waals surface area contributed by atoms with Crippen molar-refractivity contribution in [3.63, 3.8) is 0 Å². The third-order valence-electron chi connectivity index (χ3n) is 3.32. The summed E-state index contributed by atoms with van der Waals surface area (Å²) < 4.78 is 38.8. The highest BCUT2D eigenvalue weighted by Gasteiger charge is 2.28. The van der Waals surface area contributed by atoms with Crippen LogP contribution in [0.15, 0.2) is 0 Å². The zero-order valence-electron chi connectivity index (χ0n) is 13.6. The van der Waals surface area contributed by atoms with E-state index in [-0.39, 0.29) is 12.1 Å². The molecule has 1 aromatic rings. The molecule has 3 nitrogen and oxygen atoms in total. The number of nitrogens with zero attached hydrogens (tertiary/aromatic N) is 2. The first kappa shape index (κ1) is 18.0. The number of aromatic nitrogens is 2. The Morgan fingerprint density at radius 3 is 2.14 bits per heavy atom. The van der Waals surface area contributed by atoms with Crippen molar-refractivity contribution in [2.45, 2.75) is 78.7 Å². The zero-order valence-corrected chi connectivity index (χ0v) is 13.6. The molecule has 0 aromatic carbocycles. The summed E-state index contributed by atoms with van der Waals surface area (Å²) in [6, 6.07) is 0. The van der Waals surface area contributed by atoms with Crippen LogP contribution in [0.2, 0.25) is 0 Å². The van der Waals surface area contributed by atoms with Gasteiger partial charge in [-0.2, -0.15) is 18.3 Å². The lowest BCUT2D eigenvalue weighted by molar-refractivity contribution is -0.137. The Hall–Kier alpha value is -1.04. The predicted octanol–water partition coefficient (Wildman–Crippen LogP) is 3.85. The van der Waals surface area contributed by atoms with E-state index < -0.39 is 12.6 Å². The van der Waals surface area contributed by atoms with Crippen LogP contribution in [0, 0.1) is 0 Å². The maximum atomic E-state index is 12.4. The molecule has 1 rings (SSSR count). The van der Waals surface area contributed by atoms with Crippen molar-refractivity contribution in [2.75, 3.05) is 0 Å². The summed E-state index contributed by atoms with van der Waals surface area (Å²) >= 11 is 0. The van der Waals surface area contributed by atoms with E-state index in [9.17, 15) is 13.2 Å². The van der Waals surface area contributed by atoms with Crippen molar-refractivity contribution < 1.29 is 13.2 Å². The topological polar surface area (TPSA) is 29.9 Å². The van der Waals surface area contributed by atoms with Crippen LogP contribution in [-0.4, -0.2) is 21.5 Å². The standard InChI is InChI=1S/C15H26F3N3/c1-6-12-11(10-19-14(3,4)5)13(7-2)21(20-12)9-8-15(16,17)18/h19H,6-10H2,1-5H3. The largest absolute Gasteiger partial charge is 0.390 e. The lowest BCUT2D eigenvalue weighted by atomic mass is 10.1. The molecule has 0 aliphatic carbocycles. The molecule has 0 spiro atoms. The Morgan fingerprint density at radius 2 is 1.71 bits per heavy atom. The van der Waals surface area contributed by atoms with E-state index in [1.54, 1.807) is 0 Å². The lowest BCUT2D eigenvalue weighted by Gasteiger charge is -2.21. The average molecular weight is 305 g/mol. The molecule has 0 amide bonds. The van der Waals surface area contributed by atoms with Gasteiger partial charge in [-0.15, -0.1) is 0 Å². The van der Waals surface area contributed by atoms with Crippen LogP contribution < -0.4 is 5.32 Å². The molecular formula is C15H26F3N3. The molecule has 21 heavy (non-hydrogen) atoms. The minimum atomic E-state index is -4.15. The molecule has 122 valence electrons. The molecule has 1 aromatic heterocycles. The second kappa shape index (κ2) is 6.81. The zero-order chi connectivity index (χ0) is 16.3. The van der Waals surface area contributed by atoms with E-state index in [0.29, 0.717) is 13.0 Å². The molecule has 1 heterocycles. The van der Waals surface area contributed by atoms with Crippen LogP contribution in [0.25, 0.3) is 0 Å². The van der Waals surface area contributed by atoms with Gasteiger partial charge in [0.15, 0.2) is 0 Å². The van der Waals surface area contributed by atoms with Gasteiger partial charge in [-0.05, 0) is 33.6 Å². The van der Waals surface area contributed by atoms with Gasteiger partial charge >= 0.3 is 6.18 Å². The van der Waals surface area contributed by atoms with Gasteiger partial charge in [0, 0.05) is 29.9 Å². The highest BCUT2D eigenvalue weighted by Crippen LogP contribution is 2.23. The summed E-state index contributed by atoms with van der Waals surface area (Å²) in [6.45, 7) is 10.7. The van der Waals surface area contributed by atoms with Gasteiger partial charge in [0.2, 0.25) is 0 Å². The van der Waals surface area contributed by atoms with Crippen molar-refractivity contribution >= 4 is 0 Å². The minimum absolute atomic E-state index is 0.0376. The van der Waals surface area contributed by atoms with Crippen molar-refractivity contribution in [3.05, 3.63) is 17.0 Å². The quantitative estimate of drug-likeness (QED) is 0.865. The third-order valence-corrected chi connectivity index (χ3v) is 3.32. The van der Waals surface area contributed by atoms with E-state index in [0.717, 1.165) is 23.4 Å². The number of alkyl halides is 3. The van der Waals surface area contributed by atoms with Crippen LogP contribution >= 0.6 is 0 Å². The summed E-state index contributed by atoms with van der Waals surface area (Å²) in [5, 5.41) is 7.78. The van der Waals surface area contributed by atoms with Gasteiger partial charge in [-0.3, -0.25) is 4.68 Å². The first-order valence-electron chi connectivity index (χ1n) is 7.46. The second-order valence-electron chi connectivity index (χ2n) is 6.27. The Morgan fingerprint density at radius 1 is 1.10 bits per heavy atom. The van der Waals surface area contributed by atoms with Crippen molar-refractivity contribution in [3.8, 4) is 0 Å². The number of rotatable bonds is 6. The van der Waals surface area contributed by atoms with Gasteiger partial charge in [0.1, 0.15) is 0 Å². The third kappa shape index (κ3) is 5.69. The Kier molecular flexibility index (Phi) is 5.84. The monoisotopic (exact) mass is 305 g/mol. The Labute approximate surface area is 124 Å².